The third-order valence-electron chi connectivity index (χ3n) is 6.29. The highest BCUT2D eigenvalue weighted by molar-refractivity contribution is 5.73. The Morgan fingerprint density at radius 3 is 2.69 bits per heavy atom. The van der Waals surface area contributed by atoms with Crippen LogP contribution in [-0.4, -0.2) is 38.8 Å². The van der Waals surface area contributed by atoms with Crippen LogP contribution in [0.1, 0.15) is 80.2 Å². The van der Waals surface area contributed by atoms with Crippen LogP contribution in [0, 0.1) is 0 Å². The Kier molecular flexibility index (Phi) is 5.95. The van der Waals surface area contributed by atoms with Crippen LogP contribution >= 0.6 is 0 Å². The lowest BCUT2D eigenvalue weighted by Gasteiger charge is -2.35. The molecule has 2 aromatic rings. The summed E-state index contributed by atoms with van der Waals surface area (Å²) in [5.41, 5.74) is 5.13. The monoisotopic (exact) mass is 392 g/mol. The molecular formula is C24H32N4O. The molecule has 0 aliphatic carbocycles. The van der Waals surface area contributed by atoms with Crippen molar-refractivity contribution >= 4 is 5.91 Å². The first-order valence-electron chi connectivity index (χ1n) is 10.9. The lowest BCUT2D eigenvalue weighted by molar-refractivity contribution is -0.132. The number of amides is 1. The minimum Gasteiger partial charge on any atom is -0.333 e. The van der Waals surface area contributed by atoms with E-state index in [0.717, 1.165) is 63.4 Å². The number of nitrogens with zero attached hydrogens (tertiary/aromatic N) is 4. The fourth-order valence-corrected chi connectivity index (χ4v) is 4.53. The first-order valence-corrected chi connectivity index (χ1v) is 10.9. The summed E-state index contributed by atoms with van der Waals surface area (Å²) < 4.78 is 0. The lowest BCUT2D eigenvalue weighted by Crippen LogP contribution is -2.38. The van der Waals surface area contributed by atoms with E-state index in [1.807, 2.05) is 11.1 Å². The molecule has 0 spiro atoms. The summed E-state index contributed by atoms with van der Waals surface area (Å²) in [5.74, 6) is 1.53. The van der Waals surface area contributed by atoms with Gasteiger partial charge >= 0.3 is 0 Å². The van der Waals surface area contributed by atoms with Crippen LogP contribution < -0.4 is 0 Å². The topological polar surface area (TPSA) is 49.3 Å². The van der Waals surface area contributed by atoms with Crippen LogP contribution in [0.15, 0.2) is 30.5 Å². The van der Waals surface area contributed by atoms with E-state index in [1.165, 1.54) is 16.7 Å². The van der Waals surface area contributed by atoms with E-state index < -0.39 is 0 Å². The molecule has 5 heteroatoms. The molecule has 4 rings (SSSR count). The summed E-state index contributed by atoms with van der Waals surface area (Å²) in [4.78, 5) is 26.0. The molecule has 1 aromatic carbocycles. The molecule has 0 N–H and O–H groups in total. The first-order chi connectivity index (χ1) is 14.0. The number of aromatic nitrogens is 2. The van der Waals surface area contributed by atoms with Crippen molar-refractivity contribution in [2.45, 2.75) is 71.5 Å². The van der Waals surface area contributed by atoms with Gasteiger partial charge in [0.2, 0.25) is 5.91 Å². The van der Waals surface area contributed by atoms with Gasteiger partial charge in [-0.05, 0) is 36.3 Å². The zero-order valence-electron chi connectivity index (χ0n) is 17.9. The summed E-state index contributed by atoms with van der Waals surface area (Å²) in [7, 11) is 0. The van der Waals surface area contributed by atoms with Gasteiger partial charge in [-0.25, -0.2) is 9.97 Å². The number of hydrogen-bond acceptors (Lipinski definition) is 4. The fraction of sp³-hybridized carbons (Fsp3) is 0.542. The maximum Gasteiger partial charge on any atom is 0.220 e. The molecule has 2 aliphatic heterocycles. The van der Waals surface area contributed by atoms with Gasteiger partial charge in [-0.15, -0.1) is 0 Å². The minimum atomic E-state index is 0.0454. The third kappa shape index (κ3) is 4.50. The quantitative estimate of drug-likeness (QED) is 0.781. The highest BCUT2D eigenvalue weighted by Crippen LogP contribution is 2.30. The van der Waals surface area contributed by atoms with Gasteiger partial charge in [-0.3, -0.25) is 9.69 Å². The molecule has 29 heavy (non-hydrogen) atoms. The van der Waals surface area contributed by atoms with Crippen molar-refractivity contribution in [3.8, 4) is 0 Å². The van der Waals surface area contributed by atoms with Crippen molar-refractivity contribution in [1.82, 2.24) is 19.8 Å². The van der Waals surface area contributed by atoms with Gasteiger partial charge in [0.25, 0.3) is 0 Å². The molecule has 0 bridgehead atoms. The number of hydrogen-bond donors (Lipinski definition) is 0. The van der Waals surface area contributed by atoms with Gasteiger partial charge in [-0.2, -0.15) is 0 Å². The molecule has 1 saturated heterocycles. The van der Waals surface area contributed by atoms with E-state index in [4.69, 9.17) is 4.98 Å². The van der Waals surface area contributed by atoms with Crippen molar-refractivity contribution in [2.24, 2.45) is 0 Å². The lowest BCUT2D eigenvalue weighted by atomic mass is 10.00. The van der Waals surface area contributed by atoms with Crippen LogP contribution in [0.4, 0.5) is 0 Å². The molecule has 2 aliphatic rings. The molecule has 0 radical (unpaired) electrons. The van der Waals surface area contributed by atoms with Crippen LogP contribution in [0.3, 0.4) is 0 Å². The Bertz CT molecular complexity index is 862. The van der Waals surface area contributed by atoms with Gasteiger partial charge in [0.1, 0.15) is 0 Å². The SMILES string of the molecule is CC(=O)N1CCCCC1c1ncc2c(n1)CCN(Cc1ccc(C(C)C)cc1)C2. The van der Waals surface area contributed by atoms with E-state index in [1.54, 1.807) is 6.92 Å². The van der Waals surface area contributed by atoms with E-state index >= 15 is 0 Å². The second kappa shape index (κ2) is 8.62. The summed E-state index contributed by atoms with van der Waals surface area (Å²) in [6.07, 6.45) is 6.13. The minimum absolute atomic E-state index is 0.0454. The Balaban J connectivity index is 1.44. The van der Waals surface area contributed by atoms with Crippen molar-refractivity contribution in [1.29, 1.82) is 0 Å². The van der Waals surface area contributed by atoms with Crippen LogP contribution in [0.2, 0.25) is 0 Å². The number of rotatable bonds is 4. The molecule has 5 nitrogen and oxygen atoms in total. The van der Waals surface area contributed by atoms with Crippen molar-refractivity contribution < 1.29 is 4.79 Å². The Morgan fingerprint density at radius 2 is 1.97 bits per heavy atom. The van der Waals surface area contributed by atoms with Gasteiger partial charge in [0.05, 0.1) is 6.04 Å². The second-order valence-corrected chi connectivity index (χ2v) is 8.78. The molecule has 1 atom stereocenters. The van der Waals surface area contributed by atoms with Gasteiger partial charge < -0.3 is 4.90 Å². The Labute approximate surface area is 174 Å². The molecule has 1 unspecified atom stereocenters. The number of benzene rings is 1. The zero-order valence-corrected chi connectivity index (χ0v) is 17.9. The Hall–Kier alpha value is -2.27. The molecular weight excluding hydrogens is 360 g/mol. The maximum atomic E-state index is 12.0. The number of carbonyl (C=O) groups is 1. The van der Waals surface area contributed by atoms with E-state index in [2.05, 4.69) is 48.0 Å². The first kappa shape index (κ1) is 20.0. The number of likely N-dealkylation sites (tertiary alicyclic amines) is 1. The third-order valence-corrected chi connectivity index (χ3v) is 6.29. The van der Waals surface area contributed by atoms with Gasteiger partial charge in [-0.1, -0.05) is 38.1 Å². The largest absolute Gasteiger partial charge is 0.333 e. The molecule has 1 fully saturated rings. The average Bonchev–Trinajstić information content (AvgIpc) is 2.73. The smallest absolute Gasteiger partial charge is 0.220 e. The number of fused-ring (bicyclic) bond motifs is 1. The molecule has 0 saturated carbocycles. The highest BCUT2D eigenvalue weighted by atomic mass is 16.2. The van der Waals surface area contributed by atoms with Crippen molar-refractivity contribution in [2.75, 3.05) is 13.1 Å². The summed E-state index contributed by atoms with van der Waals surface area (Å²) in [6.45, 7) is 9.80. The number of piperidine rings is 1. The van der Waals surface area contributed by atoms with Crippen LogP contribution in [-0.2, 0) is 24.3 Å². The fourth-order valence-electron chi connectivity index (χ4n) is 4.53. The standard InChI is InChI=1S/C24H32N4O/c1-17(2)20-9-7-19(8-10-20)15-27-13-11-22-21(16-27)14-25-24(26-22)23-6-4-5-12-28(23)18(3)29/h7-10,14,17,23H,4-6,11-13,15-16H2,1-3H3. The predicted octanol–water partition coefficient (Wildman–Crippen LogP) is 4.23. The van der Waals surface area contributed by atoms with Gasteiger partial charge in [0, 0.05) is 57.0 Å². The molecule has 1 amide bonds. The molecule has 154 valence electrons. The van der Waals surface area contributed by atoms with E-state index in [9.17, 15) is 4.79 Å². The summed E-state index contributed by atoms with van der Waals surface area (Å²) in [5, 5.41) is 0. The molecule has 3 heterocycles. The van der Waals surface area contributed by atoms with Crippen LogP contribution in [0.5, 0.6) is 0 Å². The normalized spacial score (nSPS) is 20.0. The van der Waals surface area contributed by atoms with E-state index in [0.29, 0.717) is 5.92 Å². The predicted molar refractivity (Wildman–Crippen MR) is 114 cm³/mol. The average molecular weight is 393 g/mol. The number of carbonyl (C=O) groups excluding carboxylic acids is 1. The van der Waals surface area contributed by atoms with Crippen molar-refractivity contribution in [3.05, 3.63) is 58.7 Å². The second-order valence-electron chi connectivity index (χ2n) is 8.78. The van der Waals surface area contributed by atoms with Crippen LogP contribution in [0.25, 0.3) is 0 Å². The summed E-state index contributed by atoms with van der Waals surface area (Å²) >= 11 is 0. The zero-order chi connectivity index (χ0) is 20.4. The maximum absolute atomic E-state index is 12.0. The molecule has 1 aromatic heterocycles. The van der Waals surface area contributed by atoms with Gasteiger partial charge in [0.15, 0.2) is 5.82 Å². The Morgan fingerprint density at radius 1 is 1.17 bits per heavy atom. The van der Waals surface area contributed by atoms with E-state index in [-0.39, 0.29) is 11.9 Å². The van der Waals surface area contributed by atoms with Crippen molar-refractivity contribution in [3.63, 3.8) is 0 Å². The summed E-state index contributed by atoms with van der Waals surface area (Å²) in [6, 6.07) is 9.05. The highest BCUT2D eigenvalue weighted by Gasteiger charge is 2.29.